The van der Waals surface area contributed by atoms with Gasteiger partial charge in [-0.05, 0) is 0 Å². The van der Waals surface area contributed by atoms with Gasteiger partial charge in [0.1, 0.15) is 0 Å². The summed E-state index contributed by atoms with van der Waals surface area (Å²) in [6.45, 7) is 4.03. The maximum Gasteiger partial charge on any atom is 0.169 e. The fraction of sp³-hybridized carbons (Fsp3) is 0.857. The van der Waals surface area contributed by atoms with Crippen molar-refractivity contribution >= 4 is 7.28 Å². The van der Waals surface area contributed by atoms with E-state index < -0.39 is 0 Å². The minimum atomic E-state index is 0.223. The fourth-order valence-electron chi connectivity index (χ4n) is 1.71. The Morgan fingerprint density at radius 2 is 1.75 bits per heavy atom. The molecule has 0 aliphatic heterocycles. The monoisotopic (exact) mass is 110 g/mol. The maximum atomic E-state index is 4.03. The summed E-state index contributed by atoms with van der Waals surface area (Å²) in [7, 11) is 0.223. The van der Waals surface area contributed by atoms with Crippen LogP contribution in [0.5, 0.6) is 0 Å². The second-order valence-electron chi connectivity index (χ2n) is 3.15. The molecule has 0 nitrogen and oxygen atoms in total. The van der Waals surface area contributed by atoms with Gasteiger partial charge in [-0.25, -0.2) is 0 Å². The van der Waals surface area contributed by atoms with Gasteiger partial charge in [-0.1, -0.05) is 32.1 Å². The van der Waals surface area contributed by atoms with Crippen LogP contribution in [0.15, 0.2) is 0 Å². The lowest BCUT2D eigenvalue weighted by atomic mass is 9.61. The van der Waals surface area contributed by atoms with Gasteiger partial charge in [0.15, 0.2) is 7.28 Å². The Morgan fingerprint density at radius 1 is 1.12 bits per heavy atom. The molecule has 46 valence electrons. The van der Waals surface area contributed by atoms with E-state index in [0.29, 0.717) is 0 Å². The Morgan fingerprint density at radius 3 is 2.12 bits per heavy atom. The van der Waals surface area contributed by atoms with Gasteiger partial charge in [-0.3, -0.25) is 0 Å². The topological polar surface area (TPSA) is 0 Å². The standard InChI is InChI=1S/C7H15B/c1-8-7-5-3-2-4-6-7/h7H,1-6,8H2. The molecule has 1 aliphatic rings. The van der Waals surface area contributed by atoms with Crippen LogP contribution in [0.3, 0.4) is 0 Å². The van der Waals surface area contributed by atoms with Crippen molar-refractivity contribution in [2.24, 2.45) is 0 Å². The first kappa shape index (κ1) is 6.06. The van der Waals surface area contributed by atoms with Crippen LogP contribution in [0.1, 0.15) is 32.1 Å². The molecular weight excluding hydrogens is 94.9 g/mol. The van der Waals surface area contributed by atoms with Crippen molar-refractivity contribution < 1.29 is 0 Å². The van der Waals surface area contributed by atoms with Crippen LogP contribution in [0, 0.1) is 6.82 Å². The molecule has 0 unspecified atom stereocenters. The summed E-state index contributed by atoms with van der Waals surface area (Å²) in [5.74, 6) is 1.10. The highest BCUT2D eigenvalue weighted by Gasteiger charge is 2.08. The minimum Gasteiger partial charge on any atom is -0.139 e. The average Bonchev–Trinajstić information content (AvgIpc) is 1.90. The van der Waals surface area contributed by atoms with Gasteiger partial charge in [0.2, 0.25) is 0 Å². The molecule has 0 amide bonds. The Balaban J connectivity index is 2.13. The quantitative estimate of drug-likeness (QED) is 0.356. The summed E-state index contributed by atoms with van der Waals surface area (Å²) in [5.41, 5.74) is 0. The van der Waals surface area contributed by atoms with Crippen molar-refractivity contribution in [3.63, 3.8) is 0 Å². The molecule has 0 spiro atoms. The summed E-state index contributed by atoms with van der Waals surface area (Å²) >= 11 is 0. The molecule has 1 aliphatic carbocycles. The third-order valence-electron chi connectivity index (χ3n) is 2.47. The van der Waals surface area contributed by atoms with E-state index in [9.17, 15) is 0 Å². The molecule has 0 atom stereocenters. The van der Waals surface area contributed by atoms with Crippen molar-refractivity contribution in [2.75, 3.05) is 0 Å². The van der Waals surface area contributed by atoms with Crippen LogP contribution in [-0.2, 0) is 0 Å². The third kappa shape index (κ3) is 1.46. The zero-order chi connectivity index (χ0) is 5.82. The number of hydrogen-bond donors (Lipinski definition) is 0. The van der Waals surface area contributed by atoms with Crippen molar-refractivity contribution in [2.45, 2.75) is 37.9 Å². The predicted octanol–water partition coefficient (Wildman–Crippen LogP) is 1.70. The maximum absolute atomic E-state index is 4.03. The number of hydrogen-bond acceptors (Lipinski definition) is 0. The summed E-state index contributed by atoms with van der Waals surface area (Å²) in [6.07, 6.45) is 7.48. The van der Waals surface area contributed by atoms with Crippen molar-refractivity contribution in [1.82, 2.24) is 0 Å². The van der Waals surface area contributed by atoms with Crippen LogP contribution >= 0.6 is 0 Å². The first-order valence-electron chi connectivity index (χ1n) is 4.10. The zero-order valence-corrected chi connectivity index (χ0v) is 5.82. The molecule has 0 N–H and O–H groups in total. The van der Waals surface area contributed by atoms with Crippen LogP contribution < -0.4 is 0 Å². The molecule has 0 radical (unpaired) electrons. The van der Waals surface area contributed by atoms with E-state index in [1.165, 1.54) is 32.1 Å². The first-order valence-corrected chi connectivity index (χ1v) is 4.10. The Labute approximate surface area is 52.9 Å². The van der Waals surface area contributed by atoms with Gasteiger partial charge in [0.25, 0.3) is 0 Å². The highest BCUT2D eigenvalue weighted by molar-refractivity contribution is 6.39. The predicted molar refractivity (Wildman–Crippen MR) is 40.7 cm³/mol. The second kappa shape index (κ2) is 3.06. The molecule has 1 rings (SSSR count). The largest absolute Gasteiger partial charge is 0.169 e. The van der Waals surface area contributed by atoms with E-state index in [0.717, 1.165) is 5.82 Å². The normalized spacial score (nSPS) is 23.5. The van der Waals surface area contributed by atoms with Gasteiger partial charge in [0, 0.05) is 0 Å². The summed E-state index contributed by atoms with van der Waals surface area (Å²) < 4.78 is 0. The van der Waals surface area contributed by atoms with E-state index in [2.05, 4.69) is 6.82 Å². The fourth-order valence-corrected chi connectivity index (χ4v) is 1.71. The van der Waals surface area contributed by atoms with E-state index >= 15 is 0 Å². The van der Waals surface area contributed by atoms with Crippen LogP contribution in [0.2, 0.25) is 5.82 Å². The van der Waals surface area contributed by atoms with Gasteiger partial charge < -0.3 is 0 Å². The van der Waals surface area contributed by atoms with Gasteiger partial charge in [-0.2, -0.15) is 0 Å². The molecule has 0 bridgehead atoms. The molecule has 8 heavy (non-hydrogen) atoms. The van der Waals surface area contributed by atoms with E-state index in [1.54, 1.807) is 0 Å². The molecule has 1 heteroatoms. The van der Waals surface area contributed by atoms with Gasteiger partial charge >= 0.3 is 0 Å². The average molecular weight is 110 g/mol. The molecule has 1 saturated carbocycles. The van der Waals surface area contributed by atoms with E-state index in [-0.39, 0.29) is 7.28 Å². The summed E-state index contributed by atoms with van der Waals surface area (Å²) in [6, 6.07) is 0. The van der Waals surface area contributed by atoms with Crippen molar-refractivity contribution in [3.8, 4) is 0 Å². The van der Waals surface area contributed by atoms with Gasteiger partial charge in [-0.15, -0.1) is 12.6 Å². The molecule has 0 aromatic rings. The van der Waals surface area contributed by atoms with Crippen molar-refractivity contribution in [1.29, 1.82) is 0 Å². The lowest BCUT2D eigenvalue weighted by Gasteiger charge is -2.20. The van der Waals surface area contributed by atoms with E-state index in [4.69, 9.17) is 0 Å². The van der Waals surface area contributed by atoms with Crippen molar-refractivity contribution in [3.05, 3.63) is 6.82 Å². The Hall–Kier alpha value is -0.0651. The molecule has 0 saturated heterocycles. The Kier molecular flexibility index (Phi) is 2.32. The minimum absolute atomic E-state index is 0.223. The zero-order valence-electron chi connectivity index (χ0n) is 5.82. The van der Waals surface area contributed by atoms with Crippen LogP contribution in [0.4, 0.5) is 0 Å². The summed E-state index contributed by atoms with van der Waals surface area (Å²) in [5, 5.41) is 0. The third-order valence-corrected chi connectivity index (χ3v) is 2.47. The molecule has 0 aromatic heterocycles. The van der Waals surface area contributed by atoms with Crippen LogP contribution in [0.25, 0.3) is 0 Å². The van der Waals surface area contributed by atoms with Crippen LogP contribution in [-0.4, -0.2) is 7.28 Å². The highest BCUT2D eigenvalue weighted by atomic mass is 14.1. The molecule has 0 aromatic carbocycles. The first-order chi connectivity index (χ1) is 3.93. The molecular formula is C7H15B. The second-order valence-corrected chi connectivity index (χ2v) is 3.15. The molecule has 1 fully saturated rings. The lowest BCUT2D eigenvalue weighted by Crippen LogP contribution is -2.04. The molecule has 0 heterocycles. The summed E-state index contributed by atoms with van der Waals surface area (Å²) in [4.78, 5) is 0. The lowest BCUT2D eigenvalue weighted by molar-refractivity contribution is 0.502. The van der Waals surface area contributed by atoms with E-state index in [1.807, 2.05) is 0 Å². The smallest absolute Gasteiger partial charge is 0.139 e. The Bertz CT molecular complexity index is 55.4. The van der Waals surface area contributed by atoms with Gasteiger partial charge in [0.05, 0.1) is 0 Å². The highest BCUT2D eigenvalue weighted by Crippen LogP contribution is 2.26. The SMILES string of the molecule is [CH2+][BH2-]C1CCCCC1. The number of rotatable bonds is 1.